The molecule has 1 saturated carbocycles. The highest BCUT2D eigenvalue weighted by Gasteiger charge is 2.23. The minimum Gasteiger partial charge on any atom is -0.349 e. The van der Waals surface area contributed by atoms with Crippen LogP contribution >= 0.6 is 22.6 Å². The van der Waals surface area contributed by atoms with E-state index in [-0.39, 0.29) is 17.8 Å². The van der Waals surface area contributed by atoms with E-state index in [1.165, 1.54) is 31.4 Å². The van der Waals surface area contributed by atoms with Gasteiger partial charge in [-0.2, -0.15) is 0 Å². The Hall–Kier alpha value is -0.650. The summed E-state index contributed by atoms with van der Waals surface area (Å²) in [4.78, 5) is 12.2. The second-order valence-corrected chi connectivity index (χ2v) is 6.40. The van der Waals surface area contributed by atoms with Crippen LogP contribution in [0.3, 0.4) is 0 Å². The summed E-state index contributed by atoms with van der Waals surface area (Å²) in [5.41, 5.74) is 0.570. The fourth-order valence-electron chi connectivity index (χ4n) is 2.73. The first-order valence-corrected chi connectivity index (χ1v) is 7.94. The first kappa shape index (κ1) is 14.8. The molecular weight excluding hydrogens is 356 g/mol. The second kappa shape index (κ2) is 6.68. The predicted octanol–water partition coefficient (Wildman–Crippen LogP) is 4.13. The highest BCUT2D eigenvalue weighted by Crippen LogP contribution is 2.27. The number of hydrogen-bond donors (Lipinski definition) is 1. The fraction of sp³-hybridized carbons (Fsp3) is 0.533. The van der Waals surface area contributed by atoms with E-state index in [2.05, 4.69) is 12.2 Å². The molecule has 1 amide bonds. The molecule has 0 spiro atoms. The maximum atomic E-state index is 13.0. The van der Waals surface area contributed by atoms with Gasteiger partial charge in [-0.25, -0.2) is 4.39 Å². The van der Waals surface area contributed by atoms with Gasteiger partial charge >= 0.3 is 0 Å². The molecule has 0 heterocycles. The first-order valence-electron chi connectivity index (χ1n) is 6.86. The third-order valence-corrected chi connectivity index (χ3v) is 4.76. The molecule has 1 aromatic carbocycles. The smallest absolute Gasteiger partial charge is 0.252 e. The summed E-state index contributed by atoms with van der Waals surface area (Å²) >= 11 is 2.01. The van der Waals surface area contributed by atoms with Crippen molar-refractivity contribution in [2.24, 2.45) is 5.92 Å². The van der Waals surface area contributed by atoms with Crippen molar-refractivity contribution in [1.29, 1.82) is 0 Å². The van der Waals surface area contributed by atoms with Crippen LogP contribution in [0.4, 0.5) is 4.39 Å². The summed E-state index contributed by atoms with van der Waals surface area (Å²) < 4.78 is 13.7. The van der Waals surface area contributed by atoms with Crippen LogP contribution < -0.4 is 5.32 Å². The summed E-state index contributed by atoms with van der Waals surface area (Å²) in [6.45, 7) is 2.21. The Morgan fingerprint density at radius 2 is 2.26 bits per heavy atom. The van der Waals surface area contributed by atoms with Gasteiger partial charge in [-0.05, 0) is 59.5 Å². The van der Waals surface area contributed by atoms with E-state index < -0.39 is 0 Å². The van der Waals surface area contributed by atoms with E-state index >= 15 is 0 Å². The van der Waals surface area contributed by atoms with Gasteiger partial charge in [-0.1, -0.05) is 26.2 Å². The predicted molar refractivity (Wildman–Crippen MR) is 82.6 cm³/mol. The van der Waals surface area contributed by atoms with E-state index in [0.29, 0.717) is 9.13 Å². The standard InChI is InChI=1S/C15H19FINO/c1-2-10-4-3-5-12(8-10)18-15(19)13-7-6-11(16)9-14(13)17/h6-7,9-10,12H,2-5,8H2,1H3,(H,18,19). The van der Waals surface area contributed by atoms with Crippen LogP contribution in [-0.2, 0) is 0 Å². The molecular formula is C15H19FINO. The Balaban J connectivity index is 2.00. The molecule has 0 bridgehead atoms. The normalized spacial score (nSPS) is 23.1. The highest BCUT2D eigenvalue weighted by atomic mass is 127. The molecule has 4 heteroatoms. The maximum Gasteiger partial charge on any atom is 0.252 e. The van der Waals surface area contributed by atoms with Crippen molar-refractivity contribution < 1.29 is 9.18 Å². The lowest BCUT2D eigenvalue weighted by Crippen LogP contribution is -2.38. The van der Waals surface area contributed by atoms with Crippen LogP contribution in [-0.4, -0.2) is 11.9 Å². The zero-order chi connectivity index (χ0) is 13.8. The van der Waals surface area contributed by atoms with Crippen LogP contribution in [0.5, 0.6) is 0 Å². The molecule has 2 nitrogen and oxygen atoms in total. The van der Waals surface area contributed by atoms with Crippen molar-refractivity contribution in [2.45, 2.75) is 45.1 Å². The number of halogens is 2. The van der Waals surface area contributed by atoms with Gasteiger partial charge < -0.3 is 5.32 Å². The molecule has 2 atom stereocenters. The summed E-state index contributed by atoms with van der Waals surface area (Å²) in [6.07, 6.45) is 5.77. The topological polar surface area (TPSA) is 29.1 Å². The van der Waals surface area contributed by atoms with Crippen LogP contribution in [0.1, 0.15) is 49.4 Å². The van der Waals surface area contributed by atoms with Gasteiger partial charge in [0.2, 0.25) is 0 Å². The van der Waals surface area contributed by atoms with Crippen molar-refractivity contribution in [3.63, 3.8) is 0 Å². The molecule has 0 aromatic heterocycles. The van der Waals surface area contributed by atoms with Crippen LogP contribution in [0.15, 0.2) is 18.2 Å². The molecule has 1 N–H and O–H groups in total. The zero-order valence-corrected chi connectivity index (χ0v) is 13.2. The molecule has 104 valence electrons. The van der Waals surface area contributed by atoms with Gasteiger partial charge in [0.05, 0.1) is 5.56 Å². The van der Waals surface area contributed by atoms with E-state index in [4.69, 9.17) is 0 Å². The van der Waals surface area contributed by atoms with E-state index in [0.717, 1.165) is 18.8 Å². The molecule has 19 heavy (non-hydrogen) atoms. The first-order chi connectivity index (χ1) is 9.10. The molecule has 1 aliphatic rings. The van der Waals surface area contributed by atoms with Gasteiger partial charge in [-0.15, -0.1) is 0 Å². The van der Waals surface area contributed by atoms with Crippen molar-refractivity contribution >= 4 is 28.5 Å². The number of rotatable bonds is 3. The zero-order valence-electron chi connectivity index (χ0n) is 11.1. The van der Waals surface area contributed by atoms with Crippen LogP contribution in [0.2, 0.25) is 0 Å². The Morgan fingerprint density at radius 3 is 2.95 bits per heavy atom. The number of benzene rings is 1. The second-order valence-electron chi connectivity index (χ2n) is 5.24. The molecule has 2 unspecified atom stereocenters. The maximum absolute atomic E-state index is 13.0. The van der Waals surface area contributed by atoms with Crippen LogP contribution in [0, 0.1) is 15.3 Å². The SMILES string of the molecule is CCC1CCCC(NC(=O)c2ccc(F)cc2I)C1. The van der Waals surface area contributed by atoms with Crippen LogP contribution in [0.25, 0.3) is 0 Å². The summed E-state index contributed by atoms with van der Waals surface area (Å²) in [5.74, 6) is 0.349. The van der Waals surface area contributed by atoms with Crippen molar-refractivity contribution in [3.05, 3.63) is 33.1 Å². The lowest BCUT2D eigenvalue weighted by Gasteiger charge is -2.29. The van der Waals surface area contributed by atoms with Gasteiger partial charge in [0.25, 0.3) is 5.91 Å². The van der Waals surface area contributed by atoms with Gasteiger partial charge in [0, 0.05) is 9.61 Å². The highest BCUT2D eigenvalue weighted by molar-refractivity contribution is 14.1. The Kier molecular flexibility index (Phi) is 5.19. The molecule has 0 aliphatic heterocycles. The monoisotopic (exact) mass is 375 g/mol. The number of carbonyl (C=O) groups excluding carboxylic acids is 1. The summed E-state index contributed by atoms with van der Waals surface area (Å²) in [7, 11) is 0. The Labute approximate surface area is 127 Å². The third kappa shape index (κ3) is 3.91. The number of amides is 1. The van der Waals surface area contributed by atoms with Gasteiger partial charge in [0.15, 0.2) is 0 Å². The molecule has 1 aromatic rings. The molecule has 0 radical (unpaired) electrons. The van der Waals surface area contributed by atoms with Crippen molar-refractivity contribution in [2.75, 3.05) is 0 Å². The fourth-order valence-corrected chi connectivity index (χ4v) is 3.45. The molecule has 1 aliphatic carbocycles. The van der Waals surface area contributed by atoms with Crippen molar-refractivity contribution in [1.82, 2.24) is 5.32 Å². The van der Waals surface area contributed by atoms with E-state index in [9.17, 15) is 9.18 Å². The van der Waals surface area contributed by atoms with Gasteiger partial charge in [0.1, 0.15) is 5.82 Å². The average molecular weight is 375 g/mol. The minimum absolute atomic E-state index is 0.0776. The Morgan fingerprint density at radius 1 is 1.47 bits per heavy atom. The average Bonchev–Trinajstić information content (AvgIpc) is 2.38. The Bertz CT molecular complexity index is 463. The van der Waals surface area contributed by atoms with Crippen molar-refractivity contribution in [3.8, 4) is 0 Å². The van der Waals surface area contributed by atoms with E-state index in [1.807, 2.05) is 22.6 Å². The quantitative estimate of drug-likeness (QED) is 0.791. The summed E-state index contributed by atoms with van der Waals surface area (Å²) in [5, 5.41) is 3.09. The minimum atomic E-state index is -0.301. The number of hydrogen-bond acceptors (Lipinski definition) is 1. The van der Waals surface area contributed by atoms with E-state index in [1.54, 1.807) is 6.07 Å². The molecule has 0 saturated heterocycles. The van der Waals surface area contributed by atoms with Gasteiger partial charge in [-0.3, -0.25) is 4.79 Å². The number of nitrogens with one attached hydrogen (secondary N) is 1. The molecule has 2 rings (SSSR count). The lowest BCUT2D eigenvalue weighted by molar-refractivity contribution is 0.0918. The lowest BCUT2D eigenvalue weighted by atomic mass is 9.84. The molecule has 1 fully saturated rings. The number of carbonyl (C=O) groups is 1. The largest absolute Gasteiger partial charge is 0.349 e. The third-order valence-electron chi connectivity index (χ3n) is 3.87. The summed E-state index contributed by atoms with van der Waals surface area (Å²) in [6, 6.07) is 4.57.